The van der Waals surface area contributed by atoms with Gasteiger partial charge in [0.05, 0.1) is 6.10 Å². The second kappa shape index (κ2) is 7.09. The monoisotopic (exact) mass is 261 g/mol. The zero-order valence-electron chi connectivity index (χ0n) is 9.93. The van der Waals surface area contributed by atoms with Gasteiger partial charge in [-0.05, 0) is 13.3 Å². The van der Waals surface area contributed by atoms with Crippen molar-refractivity contribution in [2.45, 2.75) is 44.3 Å². The lowest BCUT2D eigenvalue weighted by atomic mass is 10.3. The predicted molar refractivity (Wildman–Crippen MR) is 71.1 cm³/mol. The first kappa shape index (κ1) is 13.7. The third kappa shape index (κ3) is 4.67. The van der Waals surface area contributed by atoms with Gasteiger partial charge in [0.2, 0.25) is 5.13 Å². The number of anilines is 1. The lowest BCUT2D eigenvalue weighted by molar-refractivity contribution is 0.196. The highest BCUT2D eigenvalue weighted by Crippen LogP contribution is 2.24. The Bertz CT molecular complexity index is 304. The first-order chi connectivity index (χ1) is 7.63. The van der Waals surface area contributed by atoms with Gasteiger partial charge >= 0.3 is 0 Å². The van der Waals surface area contributed by atoms with Crippen LogP contribution >= 0.6 is 23.1 Å². The highest BCUT2D eigenvalue weighted by atomic mass is 32.2. The van der Waals surface area contributed by atoms with Gasteiger partial charge in [-0.3, -0.25) is 0 Å². The molecular weight excluding hydrogens is 242 g/mol. The molecule has 2 unspecified atom stereocenters. The molecule has 0 aliphatic rings. The summed E-state index contributed by atoms with van der Waals surface area (Å²) in [4.78, 5) is 0. The molecule has 0 saturated heterocycles. The summed E-state index contributed by atoms with van der Waals surface area (Å²) in [5, 5.41) is 22.9. The van der Waals surface area contributed by atoms with E-state index in [9.17, 15) is 5.11 Å². The van der Waals surface area contributed by atoms with E-state index in [0.717, 1.165) is 28.9 Å². The second-order valence-electron chi connectivity index (χ2n) is 3.68. The number of thioether (sulfide) groups is 1. The van der Waals surface area contributed by atoms with E-state index >= 15 is 0 Å². The number of aromatic nitrogens is 2. The highest BCUT2D eigenvalue weighted by molar-refractivity contribution is 7.99. The van der Waals surface area contributed by atoms with Crippen molar-refractivity contribution >= 4 is 28.2 Å². The Morgan fingerprint density at radius 2 is 2.19 bits per heavy atom. The average Bonchev–Trinajstić information content (AvgIpc) is 2.70. The number of aliphatic hydroxyl groups is 1. The predicted octanol–water partition coefficient (Wildman–Crippen LogP) is 2.36. The SMILES string of the molecule is CCCNc1nnc(CSC(C)C(C)O)s1. The van der Waals surface area contributed by atoms with Crippen LogP contribution < -0.4 is 5.32 Å². The molecule has 16 heavy (non-hydrogen) atoms. The fourth-order valence-electron chi connectivity index (χ4n) is 0.957. The Kier molecular flexibility index (Phi) is 6.08. The molecule has 2 atom stereocenters. The maximum absolute atomic E-state index is 9.35. The third-order valence-electron chi connectivity index (χ3n) is 2.14. The Balaban J connectivity index is 2.34. The van der Waals surface area contributed by atoms with Crippen LogP contribution in [0.2, 0.25) is 0 Å². The van der Waals surface area contributed by atoms with E-state index in [-0.39, 0.29) is 11.4 Å². The van der Waals surface area contributed by atoms with Crippen molar-refractivity contribution in [2.24, 2.45) is 0 Å². The fraction of sp³-hybridized carbons (Fsp3) is 0.800. The van der Waals surface area contributed by atoms with Crippen LogP contribution in [0.3, 0.4) is 0 Å². The van der Waals surface area contributed by atoms with Gasteiger partial charge in [0.1, 0.15) is 5.01 Å². The van der Waals surface area contributed by atoms with Crippen molar-refractivity contribution in [3.63, 3.8) is 0 Å². The molecule has 1 rings (SSSR count). The van der Waals surface area contributed by atoms with Gasteiger partial charge in [0, 0.05) is 17.5 Å². The van der Waals surface area contributed by atoms with Crippen molar-refractivity contribution in [3.05, 3.63) is 5.01 Å². The molecule has 0 bridgehead atoms. The van der Waals surface area contributed by atoms with Crippen LogP contribution in [0, 0.1) is 0 Å². The minimum atomic E-state index is -0.282. The molecule has 2 N–H and O–H groups in total. The van der Waals surface area contributed by atoms with Crippen molar-refractivity contribution in [3.8, 4) is 0 Å². The standard InChI is InChI=1S/C10H19N3OS2/c1-4-5-11-10-13-12-9(16-10)6-15-8(3)7(2)14/h7-8,14H,4-6H2,1-3H3,(H,11,13). The quantitative estimate of drug-likeness (QED) is 0.789. The van der Waals surface area contributed by atoms with E-state index in [1.807, 2.05) is 13.8 Å². The molecule has 1 aromatic rings. The van der Waals surface area contributed by atoms with Gasteiger partial charge < -0.3 is 10.4 Å². The second-order valence-corrected chi connectivity index (χ2v) is 6.11. The van der Waals surface area contributed by atoms with Crippen LogP contribution in [0.5, 0.6) is 0 Å². The molecule has 0 amide bonds. The molecule has 1 heterocycles. The summed E-state index contributed by atoms with van der Waals surface area (Å²) >= 11 is 3.30. The molecule has 0 radical (unpaired) electrons. The molecule has 0 spiro atoms. The van der Waals surface area contributed by atoms with Crippen LogP contribution in [0.25, 0.3) is 0 Å². The topological polar surface area (TPSA) is 58.0 Å². The van der Waals surface area contributed by atoms with E-state index in [2.05, 4.69) is 22.4 Å². The van der Waals surface area contributed by atoms with E-state index < -0.39 is 0 Å². The van der Waals surface area contributed by atoms with Crippen LogP contribution in [-0.2, 0) is 5.75 Å². The van der Waals surface area contributed by atoms with Gasteiger partial charge in [-0.15, -0.1) is 22.0 Å². The van der Waals surface area contributed by atoms with Crippen molar-refractivity contribution < 1.29 is 5.11 Å². The zero-order valence-corrected chi connectivity index (χ0v) is 11.6. The van der Waals surface area contributed by atoms with Crippen LogP contribution in [0.15, 0.2) is 0 Å². The Hall–Kier alpha value is -0.330. The van der Waals surface area contributed by atoms with Gasteiger partial charge in [0.15, 0.2) is 0 Å². The molecule has 92 valence electrons. The van der Waals surface area contributed by atoms with Gasteiger partial charge in [-0.25, -0.2) is 0 Å². The van der Waals surface area contributed by atoms with Crippen molar-refractivity contribution in [2.75, 3.05) is 11.9 Å². The normalized spacial score (nSPS) is 14.8. The molecule has 6 heteroatoms. The smallest absolute Gasteiger partial charge is 0.205 e. The molecule has 0 saturated carbocycles. The minimum Gasteiger partial charge on any atom is -0.392 e. The lowest BCUT2D eigenvalue weighted by Crippen LogP contribution is -2.15. The molecule has 0 fully saturated rings. The number of aliphatic hydroxyl groups excluding tert-OH is 1. The fourth-order valence-corrected chi connectivity index (χ4v) is 2.70. The summed E-state index contributed by atoms with van der Waals surface area (Å²) in [6, 6.07) is 0. The Labute approximate surface area is 105 Å². The molecular formula is C10H19N3OS2. The summed E-state index contributed by atoms with van der Waals surface area (Å²) < 4.78 is 0. The zero-order chi connectivity index (χ0) is 12.0. The number of rotatable bonds is 7. The van der Waals surface area contributed by atoms with E-state index in [0.29, 0.717) is 0 Å². The Morgan fingerprint density at radius 1 is 1.44 bits per heavy atom. The number of hydrogen-bond acceptors (Lipinski definition) is 6. The molecule has 0 aliphatic heterocycles. The van der Waals surface area contributed by atoms with E-state index in [4.69, 9.17) is 0 Å². The molecule has 1 aromatic heterocycles. The van der Waals surface area contributed by atoms with Crippen LogP contribution in [0.4, 0.5) is 5.13 Å². The van der Waals surface area contributed by atoms with E-state index in [1.54, 1.807) is 23.1 Å². The third-order valence-corrected chi connectivity index (χ3v) is 4.57. The van der Waals surface area contributed by atoms with Gasteiger partial charge in [-0.1, -0.05) is 25.2 Å². The number of nitrogens with zero attached hydrogens (tertiary/aromatic N) is 2. The first-order valence-electron chi connectivity index (χ1n) is 5.49. The summed E-state index contributed by atoms with van der Waals surface area (Å²) in [5.41, 5.74) is 0. The number of nitrogens with one attached hydrogen (secondary N) is 1. The molecule has 4 nitrogen and oxygen atoms in total. The number of hydrogen-bond donors (Lipinski definition) is 2. The summed E-state index contributed by atoms with van der Waals surface area (Å²) in [6.45, 7) is 6.89. The van der Waals surface area contributed by atoms with Crippen LogP contribution in [0.1, 0.15) is 32.2 Å². The largest absolute Gasteiger partial charge is 0.392 e. The molecule has 0 aliphatic carbocycles. The summed E-state index contributed by atoms with van der Waals surface area (Å²) in [7, 11) is 0. The minimum absolute atomic E-state index is 0.232. The van der Waals surface area contributed by atoms with Gasteiger partial charge in [0.25, 0.3) is 0 Å². The summed E-state index contributed by atoms with van der Waals surface area (Å²) in [5.74, 6) is 0.817. The highest BCUT2D eigenvalue weighted by Gasteiger charge is 2.11. The first-order valence-corrected chi connectivity index (χ1v) is 7.36. The Morgan fingerprint density at radius 3 is 2.81 bits per heavy atom. The maximum Gasteiger partial charge on any atom is 0.205 e. The average molecular weight is 261 g/mol. The van der Waals surface area contributed by atoms with Gasteiger partial charge in [-0.2, -0.15) is 0 Å². The lowest BCUT2D eigenvalue weighted by Gasteiger charge is -2.12. The maximum atomic E-state index is 9.35. The van der Waals surface area contributed by atoms with Crippen molar-refractivity contribution in [1.29, 1.82) is 0 Å². The summed E-state index contributed by atoms with van der Waals surface area (Å²) in [6.07, 6.45) is 0.804. The van der Waals surface area contributed by atoms with Crippen LogP contribution in [-0.4, -0.2) is 33.2 Å². The van der Waals surface area contributed by atoms with Crippen molar-refractivity contribution in [1.82, 2.24) is 10.2 Å². The molecule has 0 aromatic carbocycles. The van der Waals surface area contributed by atoms with E-state index in [1.165, 1.54) is 0 Å².